The van der Waals surface area contributed by atoms with Crippen molar-refractivity contribution in [3.05, 3.63) is 34.2 Å². The van der Waals surface area contributed by atoms with E-state index in [1.54, 1.807) is 6.07 Å². The highest BCUT2D eigenvalue weighted by Gasteiger charge is 2.55. The molecule has 136 valence electrons. The van der Waals surface area contributed by atoms with Gasteiger partial charge >= 0.3 is 10.3 Å². The molecule has 0 bridgehead atoms. The van der Waals surface area contributed by atoms with E-state index < -0.39 is 10.3 Å². The molecule has 0 amide bonds. The van der Waals surface area contributed by atoms with Crippen LogP contribution in [-0.4, -0.2) is 14.5 Å². The third kappa shape index (κ3) is 2.77. The predicted octanol–water partition coefficient (Wildman–Crippen LogP) is 3.26. The summed E-state index contributed by atoms with van der Waals surface area (Å²) in [6.45, 7) is 2.26. The largest absolute Gasteiger partial charge is 0.380 e. The lowest BCUT2D eigenvalue weighted by molar-refractivity contribution is 0.0498. The molecule has 6 nitrogen and oxygen atoms in total. The van der Waals surface area contributed by atoms with Crippen molar-refractivity contribution in [1.29, 1.82) is 0 Å². The molecule has 25 heavy (non-hydrogen) atoms. The van der Waals surface area contributed by atoms with Crippen molar-refractivity contribution in [3.8, 4) is 5.75 Å². The van der Waals surface area contributed by atoms with Crippen LogP contribution in [0.3, 0.4) is 0 Å². The molecule has 3 aliphatic rings. The van der Waals surface area contributed by atoms with Crippen LogP contribution in [0.5, 0.6) is 5.75 Å². The van der Waals surface area contributed by atoms with Gasteiger partial charge in [0.05, 0.1) is 6.04 Å². The molecule has 2 fully saturated rings. The second-order valence-corrected chi connectivity index (χ2v) is 9.25. The van der Waals surface area contributed by atoms with Crippen molar-refractivity contribution in [3.63, 3.8) is 0 Å². The number of nitrogens with two attached hydrogens (primary N) is 1. The molecule has 0 aromatic heterocycles. The second-order valence-electron chi connectivity index (χ2n) is 8.10. The van der Waals surface area contributed by atoms with E-state index in [1.807, 2.05) is 12.1 Å². The minimum atomic E-state index is -4.00. The van der Waals surface area contributed by atoms with E-state index in [0.29, 0.717) is 17.8 Å². The van der Waals surface area contributed by atoms with Gasteiger partial charge in [-0.05, 0) is 85.0 Å². The summed E-state index contributed by atoms with van der Waals surface area (Å²) in [5.41, 5.74) is 2.52. The SMILES string of the molecule is C[C@]12CC[C@@H]3c4ccc(OS(N)(=O)=O)cc4CC[C@H]3[C@@H]1CCC2N=O. The molecule has 1 unspecified atom stereocenters. The standard InChI is InChI=1S/C18H24N2O4S/c1-18-9-8-14-13-5-3-12(24-25(19,22)23)10-11(13)2-4-15(14)16(18)6-7-17(18)20-21/h3,5,10,14-17H,2,4,6-9H2,1H3,(H2,19,22,23)/t14-,15-,16+,17?,18+/m1/s1. The summed E-state index contributed by atoms with van der Waals surface area (Å²) in [6, 6.07) is 5.48. The first kappa shape index (κ1) is 17.0. The summed E-state index contributed by atoms with van der Waals surface area (Å²) in [6.07, 6.45) is 6.08. The molecule has 0 saturated heterocycles. The molecule has 0 spiro atoms. The third-order valence-electron chi connectivity index (χ3n) is 6.99. The summed E-state index contributed by atoms with van der Waals surface area (Å²) < 4.78 is 27.1. The summed E-state index contributed by atoms with van der Waals surface area (Å²) >= 11 is 0. The van der Waals surface area contributed by atoms with Crippen molar-refractivity contribution in [2.24, 2.45) is 27.6 Å². The Hall–Kier alpha value is -1.47. The van der Waals surface area contributed by atoms with E-state index in [2.05, 4.69) is 12.1 Å². The highest BCUT2D eigenvalue weighted by molar-refractivity contribution is 7.84. The Bertz CT molecular complexity index is 809. The number of rotatable bonds is 3. The van der Waals surface area contributed by atoms with Crippen LogP contribution in [0, 0.1) is 22.2 Å². The molecule has 5 atom stereocenters. The molecule has 0 radical (unpaired) electrons. The maximum absolute atomic E-state index is 11.3. The number of hydrogen-bond donors (Lipinski definition) is 1. The molecule has 1 aromatic carbocycles. The molecule has 2 N–H and O–H groups in total. The van der Waals surface area contributed by atoms with Gasteiger partial charge in [0.25, 0.3) is 0 Å². The number of nitrogens with zero attached hydrogens (tertiary/aromatic N) is 1. The van der Waals surface area contributed by atoms with Crippen molar-refractivity contribution in [2.75, 3.05) is 0 Å². The molecule has 0 aliphatic heterocycles. The lowest BCUT2D eigenvalue weighted by Gasteiger charge is -2.49. The Morgan fingerprint density at radius 2 is 2.04 bits per heavy atom. The smallest absolute Gasteiger partial charge is 0.371 e. The molecule has 4 rings (SSSR count). The van der Waals surface area contributed by atoms with Gasteiger partial charge in [0.2, 0.25) is 0 Å². The maximum Gasteiger partial charge on any atom is 0.380 e. The lowest BCUT2D eigenvalue weighted by Crippen LogP contribution is -2.43. The lowest BCUT2D eigenvalue weighted by atomic mass is 9.55. The number of aryl methyl sites for hydroxylation is 1. The van der Waals surface area contributed by atoms with Gasteiger partial charge in [0, 0.05) is 0 Å². The Morgan fingerprint density at radius 1 is 1.24 bits per heavy atom. The van der Waals surface area contributed by atoms with Gasteiger partial charge in [0.15, 0.2) is 0 Å². The average Bonchev–Trinajstić information content (AvgIpc) is 2.89. The molecule has 7 heteroatoms. The van der Waals surface area contributed by atoms with Crippen LogP contribution in [0.15, 0.2) is 23.4 Å². The second kappa shape index (κ2) is 5.77. The first-order chi connectivity index (χ1) is 11.8. The zero-order valence-corrected chi connectivity index (χ0v) is 15.2. The third-order valence-corrected chi connectivity index (χ3v) is 7.41. The number of benzene rings is 1. The first-order valence-corrected chi connectivity index (χ1v) is 10.5. The Kier molecular flexibility index (Phi) is 3.92. The maximum atomic E-state index is 11.3. The van der Waals surface area contributed by atoms with Crippen molar-refractivity contribution < 1.29 is 12.6 Å². The van der Waals surface area contributed by atoms with Crippen LogP contribution in [0.25, 0.3) is 0 Å². The fourth-order valence-electron chi connectivity index (χ4n) is 5.89. The zero-order chi connectivity index (χ0) is 17.8. The van der Waals surface area contributed by atoms with Crippen LogP contribution in [-0.2, 0) is 16.7 Å². The summed E-state index contributed by atoms with van der Waals surface area (Å²) in [7, 11) is -4.00. The van der Waals surface area contributed by atoms with Gasteiger partial charge in [-0.3, -0.25) is 0 Å². The molecule has 0 heterocycles. The molecular weight excluding hydrogens is 340 g/mol. The summed E-state index contributed by atoms with van der Waals surface area (Å²) in [5.74, 6) is 1.91. The Morgan fingerprint density at radius 3 is 2.76 bits per heavy atom. The van der Waals surface area contributed by atoms with Crippen LogP contribution >= 0.6 is 0 Å². The highest BCUT2D eigenvalue weighted by Crippen LogP contribution is 2.61. The van der Waals surface area contributed by atoms with Crippen LogP contribution in [0.1, 0.15) is 56.1 Å². The zero-order valence-electron chi connectivity index (χ0n) is 14.3. The van der Waals surface area contributed by atoms with Crippen molar-refractivity contribution >= 4 is 10.3 Å². The van der Waals surface area contributed by atoms with E-state index in [9.17, 15) is 13.3 Å². The summed E-state index contributed by atoms with van der Waals surface area (Å²) in [5, 5.41) is 8.40. The fourth-order valence-corrected chi connectivity index (χ4v) is 6.26. The highest BCUT2D eigenvalue weighted by atomic mass is 32.2. The van der Waals surface area contributed by atoms with Gasteiger partial charge in [-0.2, -0.15) is 18.5 Å². The van der Waals surface area contributed by atoms with Crippen LogP contribution < -0.4 is 9.32 Å². The topological polar surface area (TPSA) is 98.8 Å². The normalized spacial score (nSPS) is 36.9. The van der Waals surface area contributed by atoms with Gasteiger partial charge < -0.3 is 4.18 Å². The molecule has 2 saturated carbocycles. The first-order valence-electron chi connectivity index (χ1n) is 8.99. The number of hydrogen-bond acceptors (Lipinski definition) is 5. The van der Waals surface area contributed by atoms with E-state index >= 15 is 0 Å². The van der Waals surface area contributed by atoms with Crippen LogP contribution in [0.4, 0.5) is 0 Å². The predicted molar refractivity (Wildman–Crippen MR) is 94.4 cm³/mol. The van der Waals surface area contributed by atoms with E-state index in [-0.39, 0.29) is 17.2 Å². The number of fused-ring (bicyclic) bond motifs is 5. The van der Waals surface area contributed by atoms with Gasteiger partial charge in [0.1, 0.15) is 5.75 Å². The fraction of sp³-hybridized carbons (Fsp3) is 0.667. The minimum Gasteiger partial charge on any atom is -0.371 e. The number of nitroso groups, excluding NO2 is 1. The van der Waals surface area contributed by atoms with Gasteiger partial charge in [-0.1, -0.05) is 18.2 Å². The quantitative estimate of drug-likeness (QED) is 0.832. The molecule has 3 aliphatic carbocycles. The monoisotopic (exact) mass is 364 g/mol. The Labute approximate surface area is 148 Å². The average molecular weight is 364 g/mol. The van der Waals surface area contributed by atoms with Gasteiger partial charge in [-0.15, -0.1) is 0 Å². The molecular formula is C18H24N2O4S. The van der Waals surface area contributed by atoms with Crippen molar-refractivity contribution in [1.82, 2.24) is 0 Å². The van der Waals surface area contributed by atoms with Gasteiger partial charge in [-0.25, -0.2) is 0 Å². The van der Waals surface area contributed by atoms with Crippen LogP contribution in [0.2, 0.25) is 0 Å². The molecule has 1 aromatic rings. The minimum absolute atomic E-state index is 0.0367. The Balaban J connectivity index is 1.63. The van der Waals surface area contributed by atoms with Crippen molar-refractivity contribution in [2.45, 2.75) is 57.4 Å². The summed E-state index contributed by atoms with van der Waals surface area (Å²) in [4.78, 5) is 11.3. The van der Waals surface area contributed by atoms with E-state index in [4.69, 9.17) is 9.32 Å². The van der Waals surface area contributed by atoms with E-state index in [1.165, 1.54) is 5.56 Å². The van der Waals surface area contributed by atoms with E-state index in [0.717, 1.165) is 44.1 Å².